The predicted octanol–water partition coefficient (Wildman–Crippen LogP) is 3.65. The molecule has 0 aliphatic rings. The first-order valence-electron chi connectivity index (χ1n) is 5.34. The van der Waals surface area contributed by atoms with Crippen molar-refractivity contribution in [3.05, 3.63) is 24.5 Å². The summed E-state index contributed by atoms with van der Waals surface area (Å²) in [6.45, 7) is 6.81. The molecule has 0 bridgehead atoms. The second-order valence-corrected chi connectivity index (χ2v) is 3.05. The molecule has 1 unspecified atom stereocenters. The van der Waals surface area contributed by atoms with Gasteiger partial charge in [-0.05, 0) is 26.7 Å². The molecule has 14 heavy (non-hydrogen) atoms. The lowest BCUT2D eigenvalue weighted by atomic mass is 10.3. The maximum absolute atomic E-state index is 5.53. The summed E-state index contributed by atoms with van der Waals surface area (Å²) in [6.07, 6.45) is 10.6. The second-order valence-electron chi connectivity index (χ2n) is 3.05. The molecule has 0 rings (SSSR count). The molecular weight excluding hydrogens is 176 g/mol. The van der Waals surface area contributed by atoms with Crippen LogP contribution in [0.3, 0.4) is 0 Å². The van der Waals surface area contributed by atoms with Gasteiger partial charge >= 0.3 is 0 Å². The van der Waals surface area contributed by atoms with Gasteiger partial charge < -0.3 is 9.47 Å². The van der Waals surface area contributed by atoms with Crippen LogP contribution in [0.2, 0.25) is 0 Å². The van der Waals surface area contributed by atoms with Crippen LogP contribution in [0.1, 0.15) is 40.0 Å². The van der Waals surface area contributed by atoms with E-state index in [0.29, 0.717) is 0 Å². The van der Waals surface area contributed by atoms with E-state index in [1.165, 1.54) is 0 Å². The Morgan fingerprint density at radius 2 is 2.00 bits per heavy atom. The fraction of sp³-hybridized carbons (Fsp3) is 0.667. The van der Waals surface area contributed by atoms with E-state index in [1.807, 2.05) is 26.0 Å². The third kappa shape index (κ3) is 7.87. The van der Waals surface area contributed by atoms with Gasteiger partial charge in [0.25, 0.3) is 0 Å². The monoisotopic (exact) mass is 198 g/mol. The standard InChI is InChI=1S/C12H22O2/c1-4-7-8-9-12(13-10-5-2)14-11-6-3/h4-5,7,10,12H,6,8-9,11H2,1-3H3/b7-4+,10-5+. The number of hydrogen-bond donors (Lipinski definition) is 0. The fourth-order valence-corrected chi connectivity index (χ4v) is 1.01. The first-order valence-corrected chi connectivity index (χ1v) is 5.34. The summed E-state index contributed by atoms with van der Waals surface area (Å²) in [5.41, 5.74) is 0. The fourth-order valence-electron chi connectivity index (χ4n) is 1.01. The van der Waals surface area contributed by atoms with Gasteiger partial charge in [-0.3, -0.25) is 0 Å². The zero-order valence-electron chi connectivity index (χ0n) is 9.53. The van der Waals surface area contributed by atoms with Crippen LogP contribution in [-0.2, 0) is 9.47 Å². The molecule has 0 aromatic carbocycles. The highest BCUT2D eigenvalue weighted by molar-refractivity contribution is 4.77. The summed E-state index contributed by atoms with van der Waals surface area (Å²) >= 11 is 0. The predicted molar refractivity (Wildman–Crippen MR) is 60.0 cm³/mol. The minimum atomic E-state index is -0.0950. The van der Waals surface area contributed by atoms with Crippen LogP contribution in [0.15, 0.2) is 24.5 Å². The van der Waals surface area contributed by atoms with Crippen molar-refractivity contribution >= 4 is 0 Å². The van der Waals surface area contributed by atoms with E-state index in [2.05, 4.69) is 13.0 Å². The largest absolute Gasteiger partial charge is 0.473 e. The summed E-state index contributed by atoms with van der Waals surface area (Å²) in [5.74, 6) is 0. The Morgan fingerprint density at radius 3 is 2.57 bits per heavy atom. The van der Waals surface area contributed by atoms with Crippen molar-refractivity contribution in [1.82, 2.24) is 0 Å². The zero-order valence-corrected chi connectivity index (χ0v) is 9.53. The van der Waals surface area contributed by atoms with Crippen LogP contribution in [0.4, 0.5) is 0 Å². The summed E-state index contributed by atoms with van der Waals surface area (Å²) < 4.78 is 10.9. The molecule has 2 nitrogen and oxygen atoms in total. The molecule has 0 radical (unpaired) electrons. The summed E-state index contributed by atoms with van der Waals surface area (Å²) in [7, 11) is 0. The second kappa shape index (κ2) is 10.3. The quantitative estimate of drug-likeness (QED) is 0.337. The zero-order chi connectivity index (χ0) is 10.6. The lowest BCUT2D eigenvalue weighted by Crippen LogP contribution is -2.14. The van der Waals surface area contributed by atoms with Gasteiger partial charge in [-0.2, -0.15) is 0 Å². The molecule has 0 saturated carbocycles. The Hall–Kier alpha value is -0.760. The molecule has 0 aliphatic heterocycles. The van der Waals surface area contributed by atoms with Crippen molar-refractivity contribution in [2.75, 3.05) is 6.61 Å². The first kappa shape index (κ1) is 13.2. The Morgan fingerprint density at radius 1 is 1.21 bits per heavy atom. The van der Waals surface area contributed by atoms with Gasteiger partial charge in [0.15, 0.2) is 6.29 Å². The first-order chi connectivity index (χ1) is 6.85. The molecule has 2 heteroatoms. The van der Waals surface area contributed by atoms with E-state index >= 15 is 0 Å². The van der Waals surface area contributed by atoms with Gasteiger partial charge in [-0.1, -0.05) is 25.2 Å². The van der Waals surface area contributed by atoms with Crippen LogP contribution in [-0.4, -0.2) is 12.9 Å². The molecule has 0 heterocycles. The molecule has 0 fully saturated rings. The summed E-state index contributed by atoms with van der Waals surface area (Å²) in [5, 5.41) is 0. The highest BCUT2D eigenvalue weighted by atomic mass is 16.7. The lowest BCUT2D eigenvalue weighted by molar-refractivity contribution is -0.109. The summed E-state index contributed by atoms with van der Waals surface area (Å²) in [6, 6.07) is 0. The van der Waals surface area contributed by atoms with E-state index in [0.717, 1.165) is 25.9 Å². The van der Waals surface area contributed by atoms with Crippen LogP contribution in [0.25, 0.3) is 0 Å². The van der Waals surface area contributed by atoms with Crippen molar-refractivity contribution in [1.29, 1.82) is 0 Å². The smallest absolute Gasteiger partial charge is 0.199 e. The SMILES string of the molecule is C/C=C/CCC(O/C=C/C)OCCC. The number of allylic oxidation sites excluding steroid dienone is 3. The van der Waals surface area contributed by atoms with Gasteiger partial charge in [0.2, 0.25) is 0 Å². The normalized spacial score (nSPS) is 13.9. The van der Waals surface area contributed by atoms with Gasteiger partial charge in [-0.25, -0.2) is 0 Å². The van der Waals surface area contributed by atoms with Crippen LogP contribution in [0.5, 0.6) is 0 Å². The highest BCUT2D eigenvalue weighted by Gasteiger charge is 2.05. The van der Waals surface area contributed by atoms with Crippen molar-refractivity contribution in [2.45, 2.75) is 46.3 Å². The number of rotatable bonds is 8. The van der Waals surface area contributed by atoms with Crippen LogP contribution in [0, 0.1) is 0 Å². The van der Waals surface area contributed by atoms with E-state index in [-0.39, 0.29) is 6.29 Å². The Balaban J connectivity index is 3.71. The molecule has 0 spiro atoms. The third-order valence-corrected chi connectivity index (χ3v) is 1.68. The van der Waals surface area contributed by atoms with Crippen molar-refractivity contribution < 1.29 is 9.47 Å². The molecule has 0 aromatic rings. The van der Waals surface area contributed by atoms with Crippen molar-refractivity contribution in [2.24, 2.45) is 0 Å². The molecule has 0 aromatic heterocycles. The van der Waals surface area contributed by atoms with E-state index in [4.69, 9.17) is 9.47 Å². The summed E-state index contributed by atoms with van der Waals surface area (Å²) in [4.78, 5) is 0. The average molecular weight is 198 g/mol. The average Bonchev–Trinajstić information content (AvgIpc) is 2.21. The third-order valence-electron chi connectivity index (χ3n) is 1.68. The van der Waals surface area contributed by atoms with E-state index in [9.17, 15) is 0 Å². The van der Waals surface area contributed by atoms with Gasteiger partial charge in [-0.15, -0.1) is 0 Å². The van der Waals surface area contributed by atoms with E-state index < -0.39 is 0 Å². The Labute approximate surface area is 87.6 Å². The van der Waals surface area contributed by atoms with Crippen LogP contribution >= 0.6 is 0 Å². The van der Waals surface area contributed by atoms with Gasteiger partial charge in [0.05, 0.1) is 12.9 Å². The maximum atomic E-state index is 5.53. The van der Waals surface area contributed by atoms with Crippen molar-refractivity contribution in [3.8, 4) is 0 Å². The number of ether oxygens (including phenoxy) is 2. The minimum Gasteiger partial charge on any atom is -0.473 e. The van der Waals surface area contributed by atoms with E-state index in [1.54, 1.807) is 6.26 Å². The number of hydrogen-bond acceptors (Lipinski definition) is 2. The van der Waals surface area contributed by atoms with Crippen LogP contribution < -0.4 is 0 Å². The molecule has 1 atom stereocenters. The Kier molecular flexibility index (Phi) is 9.76. The molecule has 0 amide bonds. The van der Waals surface area contributed by atoms with Crippen molar-refractivity contribution in [3.63, 3.8) is 0 Å². The minimum absolute atomic E-state index is 0.0950. The van der Waals surface area contributed by atoms with Gasteiger partial charge in [0, 0.05) is 6.42 Å². The molecule has 0 saturated heterocycles. The lowest BCUT2D eigenvalue weighted by Gasteiger charge is -2.15. The molecule has 0 N–H and O–H groups in total. The Bertz CT molecular complexity index is 162. The molecule has 0 aliphatic carbocycles. The highest BCUT2D eigenvalue weighted by Crippen LogP contribution is 2.06. The molecular formula is C12H22O2. The maximum Gasteiger partial charge on any atom is 0.199 e. The van der Waals surface area contributed by atoms with Gasteiger partial charge in [0.1, 0.15) is 0 Å². The molecule has 82 valence electrons. The topological polar surface area (TPSA) is 18.5 Å².